The molecule has 0 radical (unpaired) electrons. The second-order valence-corrected chi connectivity index (χ2v) is 9.13. The summed E-state index contributed by atoms with van der Waals surface area (Å²) in [4.78, 5) is 0. The van der Waals surface area contributed by atoms with Crippen molar-refractivity contribution >= 4 is 0 Å². The number of nitrogens with zero attached hydrogens (tertiary/aromatic N) is 3. The minimum absolute atomic E-state index is 0.0721. The van der Waals surface area contributed by atoms with E-state index >= 15 is 0 Å². The van der Waals surface area contributed by atoms with Gasteiger partial charge in [-0.1, -0.05) is 111 Å². The molecule has 0 amide bonds. The molecule has 0 atom stereocenters. The maximum Gasteiger partial charge on any atom is 0.168 e. The third-order valence-corrected chi connectivity index (χ3v) is 6.36. The maximum atomic E-state index is 5.98. The van der Waals surface area contributed by atoms with E-state index in [1.54, 1.807) is 0 Å². The molecule has 5 rings (SSSR count). The highest BCUT2D eigenvalue weighted by Crippen LogP contribution is 2.31. The number of para-hydroxylation sites is 1. The summed E-state index contributed by atoms with van der Waals surface area (Å²) in [5, 5.41) is 9.24. The molecule has 0 saturated carbocycles. The Hall–Kier alpha value is -4.02. The number of aromatic nitrogens is 3. The molecule has 34 heavy (non-hydrogen) atoms. The number of hydrogen-bond donors (Lipinski definition) is 1. The van der Waals surface area contributed by atoms with Crippen molar-refractivity contribution in [2.75, 3.05) is 6.54 Å². The van der Waals surface area contributed by atoms with Crippen molar-refractivity contribution in [1.29, 1.82) is 0 Å². The fourth-order valence-corrected chi connectivity index (χ4v) is 4.11. The van der Waals surface area contributed by atoms with E-state index in [1.807, 2.05) is 24.3 Å². The first-order valence-corrected chi connectivity index (χ1v) is 11.5. The predicted octanol–water partition coefficient (Wildman–Crippen LogP) is 6.50. The van der Waals surface area contributed by atoms with Crippen molar-refractivity contribution < 1.29 is 0 Å². The summed E-state index contributed by atoms with van der Waals surface area (Å²) in [6.07, 6.45) is 0. The Morgan fingerprint density at radius 1 is 0.588 bits per heavy atom. The van der Waals surface area contributed by atoms with Gasteiger partial charge in [0.25, 0.3) is 0 Å². The lowest BCUT2D eigenvalue weighted by atomic mass is 9.84. The lowest BCUT2D eigenvalue weighted by Crippen LogP contribution is -2.27. The summed E-state index contributed by atoms with van der Waals surface area (Å²) < 4.78 is 2.13. The van der Waals surface area contributed by atoms with Gasteiger partial charge in [-0.2, -0.15) is 0 Å². The lowest BCUT2D eigenvalue weighted by Gasteiger charge is -2.23. The molecule has 1 aromatic heterocycles. The molecule has 168 valence electrons. The number of hydrogen-bond acceptors (Lipinski definition) is 3. The van der Waals surface area contributed by atoms with Gasteiger partial charge in [0.15, 0.2) is 11.6 Å². The van der Waals surface area contributed by atoms with Gasteiger partial charge in [-0.15, -0.1) is 10.2 Å². The topological polar surface area (TPSA) is 56.7 Å². The average molecular weight is 445 g/mol. The highest BCUT2D eigenvalue weighted by atomic mass is 15.3. The van der Waals surface area contributed by atoms with E-state index in [9.17, 15) is 0 Å². The van der Waals surface area contributed by atoms with Crippen LogP contribution in [0.3, 0.4) is 0 Å². The van der Waals surface area contributed by atoms with E-state index in [1.165, 1.54) is 16.7 Å². The molecule has 0 fully saturated rings. The molecule has 2 N–H and O–H groups in total. The number of rotatable bonds is 6. The molecule has 5 aromatic rings. The van der Waals surface area contributed by atoms with Crippen LogP contribution in [0, 0.1) is 0 Å². The Kier molecular flexibility index (Phi) is 5.83. The highest BCUT2D eigenvalue weighted by molar-refractivity contribution is 5.71. The Morgan fingerprint density at radius 2 is 1.03 bits per heavy atom. The zero-order valence-corrected chi connectivity index (χ0v) is 19.5. The fourth-order valence-electron chi connectivity index (χ4n) is 4.11. The summed E-state index contributed by atoms with van der Waals surface area (Å²) in [6.45, 7) is 4.91. The van der Waals surface area contributed by atoms with E-state index in [0.717, 1.165) is 28.5 Å². The van der Waals surface area contributed by atoms with Crippen LogP contribution in [0.4, 0.5) is 0 Å². The average Bonchev–Trinajstić information content (AvgIpc) is 3.35. The zero-order valence-electron chi connectivity index (χ0n) is 19.5. The van der Waals surface area contributed by atoms with E-state index in [-0.39, 0.29) is 5.41 Å². The molecular formula is C30H28N4. The van der Waals surface area contributed by atoms with Gasteiger partial charge in [-0.25, -0.2) is 0 Å². The third-order valence-electron chi connectivity index (χ3n) is 6.36. The van der Waals surface area contributed by atoms with E-state index in [0.29, 0.717) is 6.54 Å². The summed E-state index contributed by atoms with van der Waals surface area (Å²) in [7, 11) is 0. The molecule has 4 aromatic carbocycles. The highest BCUT2D eigenvalue weighted by Gasteiger charge is 2.20. The standard InChI is InChI=1S/C30H28N4/c1-30(2,21-31)26-19-17-25(18-20-26)29-33-32-28(34(29)27-11-7-4-8-12-27)24-15-13-23(14-16-24)22-9-5-3-6-10-22/h3-20H,21,31H2,1-2H3. The van der Waals surface area contributed by atoms with Crippen LogP contribution in [0.5, 0.6) is 0 Å². The normalized spacial score (nSPS) is 11.5. The Bertz CT molecular complexity index is 1370. The van der Waals surface area contributed by atoms with Crippen molar-refractivity contribution in [3.05, 3.63) is 115 Å². The van der Waals surface area contributed by atoms with Crippen LogP contribution in [0.2, 0.25) is 0 Å². The molecule has 0 aliphatic rings. The van der Waals surface area contributed by atoms with E-state index in [4.69, 9.17) is 5.73 Å². The molecule has 1 heterocycles. The lowest BCUT2D eigenvalue weighted by molar-refractivity contribution is 0.539. The van der Waals surface area contributed by atoms with Crippen LogP contribution in [0.15, 0.2) is 109 Å². The molecule has 0 unspecified atom stereocenters. The first kappa shape index (κ1) is 21.8. The Morgan fingerprint density at radius 3 is 1.56 bits per heavy atom. The number of nitrogens with two attached hydrogens (primary N) is 1. The minimum Gasteiger partial charge on any atom is -0.330 e. The van der Waals surface area contributed by atoms with Crippen LogP contribution in [-0.4, -0.2) is 21.3 Å². The fraction of sp³-hybridized carbons (Fsp3) is 0.133. The van der Waals surface area contributed by atoms with Crippen LogP contribution < -0.4 is 5.73 Å². The van der Waals surface area contributed by atoms with Crippen molar-refractivity contribution in [1.82, 2.24) is 14.8 Å². The third kappa shape index (κ3) is 4.16. The molecule has 0 saturated heterocycles. The second kappa shape index (κ2) is 9.08. The zero-order chi connectivity index (χ0) is 23.5. The first-order chi connectivity index (χ1) is 16.6. The van der Waals surface area contributed by atoms with Crippen molar-refractivity contribution in [2.45, 2.75) is 19.3 Å². The quantitative estimate of drug-likeness (QED) is 0.325. The van der Waals surface area contributed by atoms with Gasteiger partial charge in [0.1, 0.15) is 0 Å². The second-order valence-electron chi connectivity index (χ2n) is 9.13. The van der Waals surface area contributed by atoms with Gasteiger partial charge in [-0.05, 0) is 28.8 Å². The predicted molar refractivity (Wildman–Crippen MR) is 140 cm³/mol. The van der Waals surface area contributed by atoms with Crippen LogP contribution in [-0.2, 0) is 5.41 Å². The Balaban J connectivity index is 1.58. The molecule has 0 aliphatic carbocycles. The van der Waals surface area contributed by atoms with Crippen LogP contribution in [0.1, 0.15) is 19.4 Å². The van der Waals surface area contributed by atoms with Crippen molar-refractivity contribution in [3.8, 4) is 39.6 Å². The Labute approximate surface area is 200 Å². The molecule has 4 nitrogen and oxygen atoms in total. The van der Waals surface area contributed by atoms with Crippen LogP contribution in [0.25, 0.3) is 39.6 Å². The van der Waals surface area contributed by atoms with E-state index in [2.05, 4.69) is 114 Å². The monoisotopic (exact) mass is 444 g/mol. The molecule has 0 bridgehead atoms. The summed E-state index contributed by atoms with van der Waals surface area (Å²) in [5.41, 5.74) is 12.5. The number of benzene rings is 4. The summed E-state index contributed by atoms with van der Waals surface area (Å²) in [6, 6.07) is 37.6. The van der Waals surface area contributed by atoms with Crippen molar-refractivity contribution in [3.63, 3.8) is 0 Å². The van der Waals surface area contributed by atoms with Gasteiger partial charge in [0.2, 0.25) is 0 Å². The first-order valence-electron chi connectivity index (χ1n) is 11.5. The van der Waals surface area contributed by atoms with Gasteiger partial charge < -0.3 is 5.73 Å². The molecule has 4 heteroatoms. The molecule has 0 aliphatic heterocycles. The molecule has 0 spiro atoms. The maximum absolute atomic E-state index is 5.98. The van der Waals surface area contributed by atoms with Gasteiger partial charge in [0, 0.05) is 28.8 Å². The van der Waals surface area contributed by atoms with Gasteiger partial charge in [-0.3, -0.25) is 4.57 Å². The van der Waals surface area contributed by atoms with Gasteiger partial charge >= 0.3 is 0 Å². The van der Waals surface area contributed by atoms with E-state index < -0.39 is 0 Å². The minimum atomic E-state index is -0.0721. The van der Waals surface area contributed by atoms with Gasteiger partial charge in [0.05, 0.1) is 0 Å². The SMILES string of the molecule is CC(C)(CN)c1ccc(-c2nnc(-c3ccc(-c4ccccc4)cc3)n2-c2ccccc2)cc1. The smallest absolute Gasteiger partial charge is 0.168 e. The molecular weight excluding hydrogens is 416 g/mol. The largest absolute Gasteiger partial charge is 0.330 e. The van der Waals surface area contributed by atoms with Crippen LogP contribution >= 0.6 is 0 Å². The summed E-state index contributed by atoms with van der Waals surface area (Å²) in [5.74, 6) is 1.62. The summed E-state index contributed by atoms with van der Waals surface area (Å²) >= 11 is 0. The van der Waals surface area contributed by atoms with Crippen molar-refractivity contribution in [2.24, 2.45) is 5.73 Å².